The summed E-state index contributed by atoms with van der Waals surface area (Å²) in [5, 5.41) is 0. The highest BCUT2D eigenvalue weighted by molar-refractivity contribution is 5.81. The van der Waals surface area contributed by atoms with Crippen LogP contribution in [0, 0.1) is 5.92 Å². The van der Waals surface area contributed by atoms with Crippen molar-refractivity contribution in [3.8, 4) is 0 Å². The van der Waals surface area contributed by atoms with Gasteiger partial charge in [0.25, 0.3) is 0 Å². The third-order valence-electron chi connectivity index (χ3n) is 6.21. The van der Waals surface area contributed by atoms with Crippen molar-refractivity contribution in [2.24, 2.45) is 5.92 Å². The molecular weight excluding hydrogens is 272 g/mol. The normalized spacial score (nSPS) is 28.5. The van der Waals surface area contributed by atoms with Crippen molar-refractivity contribution in [1.29, 1.82) is 0 Å². The predicted octanol–water partition coefficient (Wildman–Crippen LogP) is 2.88. The molecule has 1 aromatic rings. The molecule has 0 N–H and O–H groups in total. The highest BCUT2D eigenvalue weighted by atomic mass is 16.2. The summed E-state index contributed by atoms with van der Waals surface area (Å²) in [5.41, 5.74) is 1.40. The second kappa shape index (κ2) is 5.38. The SMILES string of the molecule is CN1C(=O)C[C@H](c2ccccc2)C12CCN(CC1CC1)CC2. The standard InChI is InChI=1S/C19H26N2O/c1-20-18(22)13-17(16-5-3-2-4-6-16)19(20)9-11-21(12-10-19)14-15-7-8-15/h2-6,15,17H,7-14H2,1H3/t17-/m1/s1. The Kier molecular flexibility index (Phi) is 3.48. The van der Waals surface area contributed by atoms with Gasteiger partial charge in [-0.05, 0) is 37.2 Å². The summed E-state index contributed by atoms with van der Waals surface area (Å²) < 4.78 is 0. The van der Waals surface area contributed by atoms with Crippen LogP contribution >= 0.6 is 0 Å². The van der Waals surface area contributed by atoms with Crippen LogP contribution in [-0.2, 0) is 4.79 Å². The van der Waals surface area contributed by atoms with Crippen LogP contribution in [0.3, 0.4) is 0 Å². The van der Waals surface area contributed by atoms with Crippen LogP contribution in [0.25, 0.3) is 0 Å². The molecule has 3 nitrogen and oxygen atoms in total. The molecule has 2 saturated heterocycles. The van der Waals surface area contributed by atoms with Crippen LogP contribution < -0.4 is 0 Å². The third kappa shape index (κ3) is 2.36. The zero-order chi connectivity index (χ0) is 15.2. The summed E-state index contributed by atoms with van der Waals surface area (Å²) in [6.45, 7) is 3.58. The van der Waals surface area contributed by atoms with Crippen LogP contribution in [0.4, 0.5) is 0 Å². The second-order valence-corrected chi connectivity index (χ2v) is 7.47. The van der Waals surface area contributed by atoms with Crippen LogP contribution in [0.5, 0.6) is 0 Å². The molecule has 3 fully saturated rings. The Hall–Kier alpha value is -1.35. The van der Waals surface area contributed by atoms with Gasteiger partial charge in [-0.1, -0.05) is 30.3 Å². The quantitative estimate of drug-likeness (QED) is 0.856. The Morgan fingerprint density at radius 3 is 2.45 bits per heavy atom. The fourth-order valence-electron chi connectivity index (χ4n) is 4.57. The lowest BCUT2D eigenvalue weighted by atomic mass is 9.73. The molecule has 0 radical (unpaired) electrons. The van der Waals surface area contributed by atoms with Gasteiger partial charge in [0.1, 0.15) is 0 Å². The molecule has 1 amide bonds. The van der Waals surface area contributed by atoms with Gasteiger partial charge in [-0.2, -0.15) is 0 Å². The minimum absolute atomic E-state index is 0.0541. The van der Waals surface area contributed by atoms with E-state index in [4.69, 9.17) is 0 Å². The van der Waals surface area contributed by atoms with E-state index in [-0.39, 0.29) is 5.54 Å². The smallest absolute Gasteiger partial charge is 0.223 e. The lowest BCUT2D eigenvalue weighted by Gasteiger charge is -2.47. The van der Waals surface area contributed by atoms with Crippen molar-refractivity contribution in [2.75, 3.05) is 26.7 Å². The third-order valence-corrected chi connectivity index (χ3v) is 6.21. The number of carbonyl (C=O) groups is 1. The molecule has 3 heteroatoms. The number of nitrogens with zero attached hydrogens (tertiary/aromatic N) is 2. The van der Waals surface area contributed by atoms with Crippen LogP contribution in [-0.4, -0.2) is 47.9 Å². The molecule has 3 aliphatic rings. The van der Waals surface area contributed by atoms with Gasteiger partial charge in [-0.15, -0.1) is 0 Å². The summed E-state index contributed by atoms with van der Waals surface area (Å²) in [5.74, 6) is 1.65. The molecule has 1 atom stereocenters. The maximum atomic E-state index is 12.4. The van der Waals surface area contributed by atoms with Crippen molar-refractivity contribution in [3.05, 3.63) is 35.9 Å². The van der Waals surface area contributed by atoms with E-state index in [2.05, 4.69) is 40.1 Å². The Morgan fingerprint density at radius 2 is 1.82 bits per heavy atom. The number of likely N-dealkylation sites (tertiary alicyclic amines) is 2. The zero-order valence-electron chi connectivity index (χ0n) is 13.5. The van der Waals surface area contributed by atoms with Crippen molar-refractivity contribution >= 4 is 5.91 Å². The predicted molar refractivity (Wildman–Crippen MR) is 87.7 cm³/mol. The number of likely N-dealkylation sites (N-methyl/N-ethyl adjacent to an activating group) is 1. The molecule has 4 rings (SSSR count). The summed E-state index contributed by atoms with van der Waals surface area (Å²) in [6.07, 6.45) is 5.78. The average molecular weight is 298 g/mol. The highest BCUT2D eigenvalue weighted by Gasteiger charge is 2.52. The fourth-order valence-corrected chi connectivity index (χ4v) is 4.57. The molecule has 1 saturated carbocycles. The van der Waals surface area contributed by atoms with Crippen LogP contribution in [0.1, 0.15) is 43.6 Å². The number of hydrogen-bond acceptors (Lipinski definition) is 2. The Bertz CT molecular complexity index is 544. The van der Waals surface area contributed by atoms with E-state index < -0.39 is 0 Å². The number of amides is 1. The number of carbonyl (C=O) groups excluding carboxylic acids is 1. The number of piperidine rings is 1. The molecule has 0 bridgehead atoms. The summed E-state index contributed by atoms with van der Waals surface area (Å²) in [4.78, 5) is 17.1. The van der Waals surface area contributed by atoms with Gasteiger partial charge in [-0.3, -0.25) is 4.79 Å². The first-order valence-corrected chi connectivity index (χ1v) is 8.73. The molecule has 1 aliphatic carbocycles. The Morgan fingerprint density at radius 1 is 1.14 bits per heavy atom. The first-order chi connectivity index (χ1) is 10.7. The molecular formula is C19H26N2O. The van der Waals surface area contributed by atoms with Gasteiger partial charge in [0.2, 0.25) is 5.91 Å². The molecule has 0 unspecified atom stereocenters. The number of hydrogen-bond donors (Lipinski definition) is 0. The molecule has 118 valence electrons. The molecule has 1 aromatic carbocycles. The van der Waals surface area contributed by atoms with E-state index in [1.54, 1.807) is 0 Å². The molecule has 2 heterocycles. The van der Waals surface area contributed by atoms with E-state index in [0.717, 1.165) is 31.8 Å². The molecule has 1 spiro atoms. The minimum atomic E-state index is 0.0541. The maximum Gasteiger partial charge on any atom is 0.223 e. The molecule has 22 heavy (non-hydrogen) atoms. The zero-order valence-corrected chi connectivity index (χ0v) is 13.5. The van der Waals surface area contributed by atoms with Gasteiger partial charge < -0.3 is 9.80 Å². The fraction of sp³-hybridized carbons (Fsp3) is 0.632. The molecule has 0 aromatic heterocycles. The van der Waals surface area contributed by atoms with E-state index in [9.17, 15) is 4.79 Å². The average Bonchev–Trinajstić information content (AvgIpc) is 3.34. The minimum Gasteiger partial charge on any atom is -0.339 e. The highest BCUT2D eigenvalue weighted by Crippen LogP contribution is 2.48. The van der Waals surface area contributed by atoms with Gasteiger partial charge in [-0.25, -0.2) is 0 Å². The van der Waals surface area contributed by atoms with Crippen molar-refractivity contribution in [3.63, 3.8) is 0 Å². The summed E-state index contributed by atoms with van der Waals surface area (Å²) in [7, 11) is 2.03. The molecule has 2 aliphatic heterocycles. The van der Waals surface area contributed by atoms with Gasteiger partial charge in [0.05, 0.1) is 5.54 Å². The monoisotopic (exact) mass is 298 g/mol. The summed E-state index contributed by atoms with van der Waals surface area (Å²) >= 11 is 0. The van der Waals surface area contributed by atoms with E-state index >= 15 is 0 Å². The maximum absolute atomic E-state index is 12.4. The summed E-state index contributed by atoms with van der Waals surface area (Å²) in [6, 6.07) is 10.7. The van der Waals surface area contributed by atoms with E-state index in [0.29, 0.717) is 18.2 Å². The number of rotatable bonds is 3. The largest absolute Gasteiger partial charge is 0.339 e. The van der Waals surface area contributed by atoms with Crippen molar-refractivity contribution in [2.45, 2.75) is 43.6 Å². The first-order valence-electron chi connectivity index (χ1n) is 8.73. The topological polar surface area (TPSA) is 23.6 Å². The van der Waals surface area contributed by atoms with Crippen LogP contribution in [0.15, 0.2) is 30.3 Å². The van der Waals surface area contributed by atoms with Crippen molar-refractivity contribution < 1.29 is 4.79 Å². The Balaban J connectivity index is 1.55. The van der Waals surface area contributed by atoms with E-state index in [1.807, 2.05) is 7.05 Å². The van der Waals surface area contributed by atoms with Gasteiger partial charge in [0.15, 0.2) is 0 Å². The lowest BCUT2D eigenvalue weighted by Crippen LogP contribution is -2.54. The lowest BCUT2D eigenvalue weighted by molar-refractivity contribution is -0.130. The second-order valence-electron chi connectivity index (χ2n) is 7.47. The van der Waals surface area contributed by atoms with Crippen LogP contribution in [0.2, 0.25) is 0 Å². The number of benzene rings is 1. The Labute approximate surface area is 133 Å². The van der Waals surface area contributed by atoms with Crippen molar-refractivity contribution in [1.82, 2.24) is 9.80 Å². The van der Waals surface area contributed by atoms with Gasteiger partial charge >= 0.3 is 0 Å². The van der Waals surface area contributed by atoms with Gasteiger partial charge in [0, 0.05) is 39.0 Å². The van der Waals surface area contributed by atoms with E-state index in [1.165, 1.54) is 24.9 Å². The first kappa shape index (κ1) is 14.3.